The number of epoxide rings is 1. The van der Waals surface area contributed by atoms with Gasteiger partial charge in [-0.25, -0.2) is 0 Å². The van der Waals surface area contributed by atoms with E-state index in [1.807, 2.05) is 0 Å². The van der Waals surface area contributed by atoms with Crippen molar-refractivity contribution in [1.29, 1.82) is 0 Å². The minimum atomic E-state index is -0.329. The molecule has 2 saturated heterocycles. The zero-order valence-electron chi connectivity index (χ0n) is 11.6. The summed E-state index contributed by atoms with van der Waals surface area (Å²) in [7, 11) is 0. The largest absolute Gasteiger partial charge is 0.435 e. The van der Waals surface area contributed by atoms with Crippen LogP contribution >= 0.6 is 0 Å². The summed E-state index contributed by atoms with van der Waals surface area (Å²) in [4.78, 5) is 22.6. The summed E-state index contributed by atoms with van der Waals surface area (Å²) < 4.78 is 8.67. The molecule has 0 atom stereocenters. The van der Waals surface area contributed by atoms with E-state index in [2.05, 4.69) is 22.6 Å². The molecule has 2 heterocycles. The predicted octanol–water partition coefficient (Wildman–Crippen LogP) is 2.24. The molecule has 0 aromatic carbocycles. The van der Waals surface area contributed by atoms with Crippen molar-refractivity contribution in [3.63, 3.8) is 0 Å². The summed E-state index contributed by atoms with van der Waals surface area (Å²) >= 11 is 0. The fourth-order valence-electron chi connectivity index (χ4n) is 1.31. The van der Waals surface area contributed by atoms with Gasteiger partial charge in [-0.1, -0.05) is 19.6 Å². The molecule has 2 fully saturated rings. The van der Waals surface area contributed by atoms with E-state index in [0.29, 0.717) is 6.42 Å². The van der Waals surface area contributed by atoms with Crippen LogP contribution in [0.2, 0.25) is 0 Å². The highest BCUT2D eigenvalue weighted by atomic mass is 16.6. The number of hydrogen-bond acceptors (Lipinski definition) is 4. The van der Waals surface area contributed by atoms with Crippen LogP contribution in [0.4, 0.5) is 0 Å². The second kappa shape index (κ2) is 11.5. The molecule has 0 aromatic rings. The smallest absolute Gasteiger partial charge is 0.307 e. The number of carbonyl (C=O) groups is 2. The molecular weight excluding hydrogens is 246 g/mol. The molecule has 0 radical (unpaired) electrons. The van der Waals surface area contributed by atoms with Gasteiger partial charge in [-0.2, -0.15) is 0 Å². The van der Waals surface area contributed by atoms with Gasteiger partial charge in [0.05, 0.1) is 19.5 Å². The fraction of sp³-hybridized carbons (Fsp3) is 0.571. The molecule has 19 heavy (non-hydrogen) atoms. The van der Waals surface area contributed by atoms with Crippen LogP contribution in [0.15, 0.2) is 25.6 Å². The highest BCUT2D eigenvalue weighted by molar-refractivity contribution is 5.77. The van der Waals surface area contributed by atoms with E-state index in [0.717, 1.165) is 38.9 Å². The predicted molar refractivity (Wildman–Crippen MR) is 73.2 cm³/mol. The maximum absolute atomic E-state index is 11.1. The molecule has 5 heteroatoms. The Morgan fingerprint density at radius 2 is 1.95 bits per heavy atom. The van der Waals surface area contributed by atoms with E-state index >= 15 is 0 Å². The molecule has 2 rings (SSSR count). The average molecular weight is 269 g/mol. The normalized spacial score (nSPS) is 16.7. The number of carbonyl (C=O) groups excluding carboxylic acids is 2. The molecule has 0 spiro atoms. The molecule has 0 saturated carbocycles. The Hall–Kier alpha value is -1.62. The second-order valence-corrected chi connectivity index (χ2v) is 3.97. The molecule has 1 amide bonds. The lowest BCUT2D eigenvalue weighted by atomic mass is 10.2. The number of hydrogen-bond donors (Lipinski definition) is 0. The van der Waals surface area contributed by atoms with E-state index in [1.165, 1.54) is 13.3 Å². The van der Waals surface area contributed by atoms with Crippen LogP contribution in [0.5, 0.6) is 0 Å². The van der Waals surface area contributed by atoms with Gasteiger partial charge < -0.3 is 14.4 Å². The summed E-state index contributed by atoms with van der Waals surface area (Å²) in [5, 5.41) is 0. The van der Waals surface area contributed by atoms with Gasteiger partial charge in [-0.15, -0.1) is 0 Å². The first-order valence-corrected chi connectivity index (χ1v) is 6.39. The van der Waals surface area contributed by atoms with Crippen LogP contribution in [0.1, 0.15) is 32.6 Å². The van der Waals surface area contributed by atoms with Crippen LogP contribution in [-0.2, 0) is 19.1 Å². The third-order valence-electron chi connectivity index (χ3n) is 2.28. The highest BCUT2D eigenvalue weighted by Crippen LogP contribution is 2.10. The molecule has 0 aliphatic carbocycles. The summed E-state index contributed by atoms with van der Waals surface area (Å²) in [6, 6.07) is 0. The van der Waals surface area contributed by atoms with E-state index in [9.17, 15) is 9.59 Å². The first-order chi connectivity index (χ1) is 9.11. The third kappa shape index (κ3) is 12.6. The lowest BCUT2D eigenvalue weighted by molar-refractivity contribution is -0.135. The Morgan fingerprint density at radius 3 is 2.32 bits per heavy atom. The van der Waals surface area contributed by atoms with Crippen molar-refractivity contribution in [3.8, 4) is 0 Å². The standard InChI is InChI=1S/C8H13NO.C4H6O2.C2H4O/c1-2-9-7-5-3-4-6-8(9)10;1-3-6-4(2)5;1-2-3-1/h2H,1,3-7H2;3H,1H2,2H3;1-2H2. The molecule has 5 nitrogen and oxygen atoms in total. The molecule has 0 N–H and O–H groups in total. The number of esters is 1. The minimum absolute atomic E-state index is 0.229. The molecule has 0 unspecified atom stereocenters. The monoisotopic (exact) mass is 269 g/mol. The summed E-state index contributed by atoms with van der Waals surface area (Å²) in [5.41, 5.74) is 0. The van der Waals surface area contributed by atoms with Gasteiger partial charge in [0, 0.05) is 19.9 Å². The van der Waals surface area contributed by atoms with E-state index < -0.39 is 0 Å². The summed E-state index contributed by atoms with van der Waals surface area (Å²) in [6.07, 6.45) is 6.78. The van der Waals surface area contributed by atoms with Crippen LogP contribution in [0, 0.1) is 0 Å². The van der Waals surface area contributed by atoms with Gasteiger partial charge in [0.2, 0.25) is 5.91 Å². The van der Waals surface area contributed by atoms with Crippen LogP contribution < -0.4 is 0 Å². The first-order valence-electron chi connectivity index (χ1n) is 6.39. The van der Waals surface area contributed by atoms with Crippen LogP contribution in [0.25, 0.3) is 0 Å². The van der Waals surface area contributed by atoms with Gasteiger partial charge in [-0.3, -0.25) is 9.59 Å². The quantitative estimate of drug-likeness (QED) is 0.438. The zero-order valence-corrected chi connectivity index (χ0v) is 11.6. The lowest BCUT2D eigenvalue weighted by Crippen LogP contribution is -2.23. The molecule has 108 valence electrons. The van der Waals surface area contributed by atoms with Gasteiger partial charge in [0.1, 0.15) is 0 Å². The average Bonchev–Trinajstić information content (AvgIpc) is 3.20. The topological polar surface area (TPSA) is 59.1 Å². The van der Waals surface area contributed by atoms with Crippen molar-refractivity contribution in [1.82, 2.24) is 4.90 Å². The molecule has 2 aliphatic rings. The molecule has 2 aliphatic heterocycles. The van der Waals surface area contributed by atoms with Crippen molar-refractivity contribution < 1.29 is 19.1 Å². The van der Waals surface area contributed by atoms with Crippen LogP contribution in [-0.4, -0.2) is 36.5 Å². The van der Waals surface area contributed by atoms with Gasteiger partial charge >= 0.3 is 5.97 Å². The van der Waals surface area contributed by atoms with Gasteiger partial charge in [0.25, 0.3) is 0 Å². The third-order valence-corrected chi connectivity index (χ3v) is 2.28. The first kappa shape index (κ1) is 17.4. The number of rotatable bonds is 2. The summed E-state index contributed by atoms with van der Waals surface area (Å²) in [5.74, 6) is -0.0995. The number of amides is 1. The maximum atomic E-state index is 11.1. The number of ether oxygens (including phenoxy) is 2. The van der Waals surface area contributed by atoms with Crippen LogP contribution in [0.3, 0.4) is 0 Å². The highest BCUT2D eigenvalue weighted by Gasteiger charge is 2.12. The molecular formula is C14H23NO4. The Morgan fingerprint density at radius 1 is 1.32 bits per heavy atom. The van der Waals surface area contributed by atoms with E-state index in [-0.39, 0.29) is 11.9 Å². The lowest BCUT2D eigenvalue weighted by Gasteiger charge is -2.13. The van der Waals surface area contributed by atoms with E-state index in [4.69, 9.17) is 0 Å². The molecule has 0 aromatic heterocycles. The maximum Gasteiger partial charge on any atom is 0.307 e. The number of nitrogens with zero attached hydrogens (tertiary/aromatic N) is 1. The minimum Gasteiger partial charge on any atom is -0.435 e. The Bertz CT molecular complexity index is 297. The van der Waals surface area contributed by atoms with Crippen molar-refractivity contribution in [2.45, 2.75) is 32.6 Å². The Labute approximate surface area is 114 Å². The molecule has 0 bridgehead atoms. The van der Waals surface area contributed by atoms with E-state index in [1.54, 1.807) is 11.1 Å². The van der Waals surface area contributed by atoms with Gasteiger partial charge in [0.15, 0.2) is 0 Å². The van der Waals surface area contributed by atoms with Crippen molar-refractivity contribution >= 4 is 11.9 Å². The van der Waals surface area contributed by atoms with Gasteiger partial charge in [-0.05, 0) is 19.0 Å². The fourth-order valence-corrected chi connectivity index (χ4v) is 1.31. The van der Waals surface area contributed by atoms with Crippen molar-refractivity contribution in [3.05, 3.63) is 25.6 Å². The van der Waals surface area contributed by atoms with Crippen molar-refractivity contribution in [2.24, 2.45) is 0 Å². The summed E-state index contributed by atoms with van der Waals surface area (Å²) in [6.45, 7) is 10.9. The zero-order chi connectivity index (χ0) is 14.5. The van der Waals surface area contributed by atoms with Crippen molar-refractivity contribution in [2.75, 3.05) is 19.8 Å². The SMILES string of the molecule is C1CO1.C=CN1CCCCCC1=O.C=COC(C)=O. The number of likely N-dealkylation sites (tertiary alicyclic amines) is 1. The Balaban J connectivity index is 0.000000303. The Kier molecular flexibility index (Phi) is 10.5. The second-order valence-electron chi connectivity index (χ2n) is 3.97.